The molecule has 2 aromatic rings. The van der Waals surface area contributed by atoms with Crippen LogP contribution in [0.15, 0.2) is 30.5 Å². The first kappa shape index (κ1) is 18.6. The molecule has 1 atom stereocenters. The fourth-order valence-corrected chi connectivity index (χ4v) is 3.52. The van der Waals surface area contributed by atoms with Crippen molar-refractivity contribution in [3.63, 3.8) is 0 Å². The number of hydrogen-bond acceptors (Lipinski definition) is 3. The van der Waals surface area contributed by atoms with Gasteiger partial charge in [-0.1, -0.05) is 12.1 Å². The molecule has 1 saturated heterocycles. The lowest BCUT2D eigenvalue weighted by atomic mass is 9.89. The highest BCUT2D eigenvalue weighted by atomic mass is 19.4. The molecular formula is C19H22F3N3O. The SMILES string of the molecule is Cc1nn(C)cc1CN1CCCC(C(=O)c2ccc(C(F)(F)F)cc2)C1. The molecule has 0 saturated carbocycles. The Balaban J connectivity index is 1.67. The number of piperidine rings is 1. The van der Waals surface area contributed by atoms with Crippen LogP contribution < -0.4 is 0 Å². The second-order valence-corrected chi connectivity index (χ2v) is 6.93. The summed E-state index contributed by atoms with van der Waals surface area (Å²) in [6.07, 6.45) is -0.736. The lowest BCUT2D eigenvalue weighted by Gasteiger charge is -2.31. The van der Waals surface area contributed by atoms with Crippen LogP contribution in [0.1, 0.15) is 40.0 Å². The Kier molecular flexibility index (Phi) is 5.18. The molecular weight excluding hydrogens is 343 g/mol. The number of ketones is 1. The molecule has 0 N–H and O–H groups in total. The number of aromatic nitrogens is 2. The molecule has 1 unspecified atom stereocenters. The van der Waals surface area contributed by atoms with E-state index in [9.17, 15) is 18.0 Å². The van der Waals surface area contributed by atoms with Crippen LogP contribution in [0.25, 0.3) is 0 Å². The number of likely N-dealkylation sites (tertiary alicyclic amines) is 1. The zero-order chi connectivity index (χ0) is 18.9. The smallest absolute Gasteiger partial charge is 0.298 e. The van der Waals surface area contributed by atoms with Gasteiger partial charge in [0.2, 0.25) is 0 Å². The number of Topliss-reactive ketones (excluding diaryl/α,β-unsaturated/α-hetero) is 1. The highest BCUT2D eigenvalue weighted by Gasteiger charge is 2.31. The normalized spacial score (nSPS) is 18.9. The van der Waals surface area contributed by atoms with E-state index in [1.165, 1.54) is 12.1 Å². The minimum Gasteiger partial charge on any atom is -0.298 e. The average molecular weight is 365 g/mol. The van der Waals surface area contributed by atoms with E-state index in [0.29, 0.717) is 12.1 Å². The van der Waals surface area contributed by atoms with Crippen molar-refractivity contribution >= 4 is 5.78 Å². The van der Waals surface area contributed by atoms with Gasteiger partial charge in [0, 0.05) is 43.4 Å². The monoisotopic (exact) mass is 365 g/mol. The van der Waals surface area contributed by atoms with E-state index in [-0.39, 0.29) is 11.7 Å². The minimum atomic E-state index is -4.38. The fourth-order valence-electron chi connectivity index (χ4n) is 3.52. The van der Waals surface area contributed by atoms with Crippen LogP contribution in [0.5, 0.6) is 0 Å². The van der Waals surface area contributed by atoms with Crippen LogP contribution in [0.4, 0.5) is 13.2 Å². The van der Waals surface area contributed by atoms with Crippen LogP contribution in [0.2, 0.25) is 0 Å². The number of hydrogen-bond donors (Lipinski definition) is 0. The summed E-state index contributed by atoms with van der Waals surface area (Å²) >= 11 is 0. The maximum atomic E-state index is 12.7. The Morgan fingerprint density at radius 2 is 1.96 bits per heavy atom. The Hall–Kier alpha value is -2.15. The molecule has 0 amide bonds. The molecule has 1 aliphatic rings. The van der Waals surface area contributed by atoms with Gasteiger partial charge < -0.3 is 0 Å². The summed E-state index contributed by atoms with van der Waals surface area (Å²) < 4.78 is 39.8. The third-order valence-electron chi connectivity index (χ3n) is 4.88. The van der Waals surface area contributed by atoms with Crippen molar-refractivity contribution in [1.29, 1.82) is 0 Å². The van der Waals surface area contributed by atoms with Crippen molar-refractivity contribution in [1.82, 2.24) is 14.7 Å². The summed E-state index contributed by atoms with van der Waals surface area (Å²) in [6, 6.07) is 4.53. The second-order valence-electron chi connectivity index (χ2n) is 6.93. The molecule has 0 radical (unpaired) electrons. The van der Waals surface area contributed by atoms with Gasteiger partial charge in [0.1, 0.15) is 0 Å². The molecule has 0 spiro atoms. The number of carbonyl (C=O) groups excluding carboxylic acids is 1. The predicted octanol–water partition coefficient (Wildman–Crippen LogP) is 3.84. The summed E-state index contributed by atoms with van der Waals surface area (Å²) in [5.41, 5.74) is 1.73. The Morgan fingerprint density at radius 3 is 2.54 bits per heavy atom. The van der Waals surface area contributed by atoms with Gasteiger partial charge in [-0.05, 0) is 38.4 Å². The van der Waals surface area contributed by atoms with Crippen LogP contribution in [-0.4, -0.2) is 33.6 Å². The van der Waals surface area contributed by atoms with Gasteiger partial charge in [0.15, 0.2) is 5.78 Å². The van der Waals surface area contributed by atoms with Gasteiger partial charge >= 0.3 is 6.18 Å². The van der Waals surface area contributed by atoms with Crippen LogP contribution in [-0.2, 0) is 19.8 Å². The summed E-state index contributed by atoms with van der Waals surface area (Å²) in [7, 11) is 1.88. The summed E-state index contributed by atoms with van der Waals surface area (Å²) in [4.78, 5) is 14.9. The largest absolute Gasteiger partial charge is 0.416 e. The molecule has 1 aromatic heterocycles. The van der Waals surface area contributed by atoms with E-state index < -0.39 is 11.7 Å². The van der Waals surface area contributed by atoms with Gasteiger partial charge in [-0.3, -0.25) is 14.4 Å². The number of aryl methyl sites for hydroxylation is 2. The predicted molar refractivity (Wildman–Crippen MR) is 91.7 cm³/mol. The average Bonchev–Trinajstić information content (AvgIpc) is 2.91. The topological polar surface area (TPSA) is 38.1 Å². The summed E-state index contributed by atoms with van der Waals surface area (Å²) in [5, 5.41) is 4.34. The van der Waals surface area contributed by atoms with Gasteiger partial charge in [0.05, 0.1) is 11.3 Å². The lowest BCUT2D eigenvalue weighted by Crippen LogP contribution is -2.38. The lowest BCUT2D eigenvalue weighted by molar-refractivity contribution is -0.137. The standard InChI is InChI=1S/C19H22F3N3O/c1-13-16(10-24(2)23-13)12-25-9-3-4-15(11-25)18(26)14-5-7-17(8-6-14)19(20,21)22/h5-8,10,15H,3-4,9,11-12H2,1-2H3. The van der Waals surface area contributed by atoms with Crippen molar-refractivity contribution in [3.05, 3.63) is 52.8 Å². The molecule has 140 valence electrons. The van der Waals surface area contributed by atoms with Crippen molar-refractivity contribution < 1.29 is 18.0 Å². The van der Waals surface area contributed by atoms with Gasteiger partial charge in [-0.2, -0.15) is 18.3 Å². The van der Waals surface area contributed by atoms with Crippen molar-refractivity contribution in [3.8, 4) is 0 Å². The number of benzene rings is 1. The molecule has 7 heteroatoms. The van der Waals surface area contributed by atoms with E-state index in [0.717, 1.165) is 49.3 Å². The number of nitrogens with zero attached hydrogens (tertiary/aromatic N) is 3. The van der Waals surface area contributed by atoms with Gasteiger partial charge in [-0.25, -0.2) is 0 Å². The molecule has 4 nitrogen and oxygen atoms in total. The van der Waals surface area contributed by atoms with Crippen LogP contribution in [0.3, 0.4) is 0 Å². The molecule has 1 aromatic carbocycles. The first-order valence-electron chi connectivity index (χ1n) is 8.67. The van der Waals surface area contributed by atoms with Crippen LogP contribution >= 0.6 is 0 Å². The molecule has 2 heterocycles. The maximum Gasteiger partial charge on any atom is 0.416 e. The minimum absolute atomic E-state index is 0.0775. The van der Waals surface area contributed by atoms with Crippen molar-refractivity contribution in [2.75, 3.05) is 13.1 Å². The third kappa shape index (κ3) is 4.15. The van der Waals surface area contributed by atoms with E-state index in [4.69, 9.17) is 0 Å². The molecule has 1 aliphatic heterocycles. The van der Waals surface area contributed by atoms with Gasteiger partial charge in [0.25, 0.3) is 0 Å². The highest BCUT2D eigenvalue weighted by Crippen LogP contribution is 2.30. The van der Waals surface area contributed by atoms with Gasteiger partial charge in [-0.15, -0.1) is 0 Å². The van der Waals surface area contributed by atoms with E-state index in [2.05, 4.69) is 10.00 Å². The van der Waals surface area contributed by atoms with E-state index in [1.54, 1.807) is 4.68 Å². The number of halogens is 3. The molecule has 1 fully saturated rings. The number of alkyl halides is 3. The van der Waals surface area contributed by atoms with Crippen molar-refractivity contribution in [2.45, 2.75) is 32.5 Å². The molecule has 0 aliphatic carbocycles. The maximum absolute atomic E-state index is 12.7. The van der Waals surface area contributed by atoms with E-state index in [1.807, 2.05) is 20.2 Å². The molecule has 26 heavy (non-hydrogen) atoms. The van der Waals surface area contributed by atoms with Crippen molar-refractivity contribution in [2.24, 2.45) is 13.0 Å². The number of rotatable bonds is 4. The highest BCUT2D eigenvalue weighted by molar-refractivity contribution is 5.98. The fraction of sp³-hybridized carbons (Fsp3) is 0.474. The Bertz CT molecular complexity index is 780. The first-order valence-corrected chi connectivity index (χ1v) is 8.67. The third-order valence-corrected chi connectivity index (χ3v) is 4.88. The first-order chi connectivity index (χ1) is 12.2. The second kappa shape index (κ2) is 7.23. The zero-order valence-corrected chi connectivity index (χ0v) is 14.9. The number of carbonyl (C=O) groups is 1. The summed E-state index contributed by atoms with van der Waals surface area (Å²) in [5.74, 6) is -0.260. The zero-order valence-electron chi connectivity index (χ0n) is 14.9. The Labute approximate surface area is 150 Å². The quantitative estimate of drug-likeness (QED) is 0.773. The van der Waals surface area contributed by atoms with Crippen LogP contribution in [0, 0.1) is 12.8 Å². The Morgan fingerprint density at radius 1 is 1.27 bits per heavy atom. The summed E-state index contributed by atoms with van der Waals surface area (Å²) in [6.45, 7) is 4.22. The molecule has 0 bridgehead atoms. The molecule has 3 rings (SSSR count). The van der Waals surface area contributed by atoms with E-state index >= 15 is 0 Å².